The summed E-state index contributed by atoms with van der Waals surface area (Å²) in [4.78, 5) is 0. The Kier molecular flexibility index (Phi) is 3.12. The highest BCUT2D eigenvalue weighted by Crippen LogP contribution is 2.26. The van der Waals surface area contributed by atoms with Gasteiger partial charge >= 0.3 is 0 Å². The first kappa shape index (κ1) is 10.0. The van der Waals surface area contributed by atoms with Crippen LogP contribution in [0.4, 0.5) is 0 Å². The molecule has 1 aliphatic heterocycles. The summed E-state index contributed by atoms with van der Waals surface area (Å²) in [6.45, 7) is 1.97. The van der Waals surface area contributed by atoms with Crippen LogP contribution in [0.5, 0.6) is 0 Å². The van der Waals surface area contributed by atoms with Crippen molar-refractivity contribution in [2.45, 2.75) is 6.42 Å². The van der Waals surface area contributed by atoms with E-state index in [2.05, 4.69) is 11.4 Å². The minimum Gasteiger partial charge on any atom is -0.312 e. The summed E-state index contributed by atoms with van der Waals surface area (Å²) < 4.78 is 0. The number of rotatable bonds is 1. The molecule has 0 bridgehead atoms. The lowest BCUT2D eigenvalue weighted by molar-refractivity contribution is 0.739. The molecule has 0 fully saturated rings. The van der Waals surface area contributed by atoms with E-state index in [0.717, 1.165) is 25.1 Å². The SMILES string of the molecule is Clc1ccc(C2=CCCNC2)cc1Cl. The molecule has 1 nitrogen and oxygen atoms in total. The summed E-state index contributed by atoms with van der Waals surface area (Å²) in [6.07, 6.45) is 3.33. The first-order valence-electron chi connectivity index (χ1n) is 4.62. The Hall–Kier alpha value is -0.500. The molecule has 0 radical (unpaired) electrons. The summed E-state index contributed by atoms with van der Waals surface area (Å²) in [5.41, 5.74) is 2.46. The van der Waals surface area contributed by atoms with Crippen molar-refractivity contribution in [1.82, 2.24) is 5.32 Å². The van der Waals surface area contributed by atoms with E-state index in [0.29, 0.717) is 10.0 Å². The first-order valence-corrected chi connectivity index (χ1v) is 5.38. The average molecular weight is 228 g/mol. The lowest BCUT2D eigenvalue weighted by atomic mass is 10.0. The largest absolute Gasteiger partial charge is 0.312 e. The maximum Gasteiger partial charge on any atom is 0.0598 e. The molecule has 0 aliphatic carbocycles. The van der Waals surface area contributed by atoms with E-state index in [9.17, 15) is 0 Å². The van der Waals surface area contributed by atoms with Gasteiger partial charge in [-0.15, -0.1) is 0 Å². The highest BCUT2D eigenvalue weighted by molar-refractivity contribution is 6.42. The fourth-order valence-corrected chi connectivity index (χ4v) is 1.86. The Morgan fingerprint density at radius 1 is 1.14 bits per heavy atom. The summed E-state index contributed by atoms with van der Waals surface area (Å²) in [5.74, 6) is 0. The smallest absolute Gasteiger partial charge is 0.0598 e. The fraction of sp³-hybridized carbons (Fsp3) is 0.273. The summed E-state index contributed by atoms with van der Waals surface area (Å²) >= 11 is 11.8. The topological polar surface area (TPSA) is 12.0 Å². The van der Waals surface area contributed by atoms with Crippen LogP contribution in [0, 0.1) is 0 Å². The molecule has 0 unspecified atom stereocenters. The van der Waals surface area contributed by atoms with Crippen LogP contribution in [0.2, 0.25) is 10.0 Å². The molecule has 0 amide bonds. The van der Waals surface area contributed by atoms with E-state index in [1.807, 2.05) is 18.2 Å². The molecule has 0 saturated heterocycles. The van der Waals surface area contributed by atoms with Gasteiger partial charge in [0.15, 0.2) is 0 Å². The van der Waals surface area contributed by atoms with E-state index < -0.39 is 0 Å². The molecule has 14 heavy (non-hydrogen) atoms. The standard InChI is InChI=1S/C11H11Cl2N/c12-10-4-3-8(6-11(10)13)9-2-1-5-14-7-9/h2-4,6,14H,1,5,7H2. The van der Waals surface area contributed by atoms with Gasteiger partial charge in [-0.3, -0.25) is 0 Å². The van der Waals surface area contributed by atoms with Crippen LogP contribution in [-0.4, -0.2) is 13.1 Å². The number of hydrogen-bond donors (Lipinski definition) is 1. The van der Waals surface area contributed by atoms with Gasteiger partial charge in [0.05, 0.1) is 10.0 Å². The molecular formula is C11H11Cl2N. The van der Waals surface area contributed by atoms with Crippen LogP contribution in [0.3, 0.4) is 0 Å². The second-order valence-corrected chi connectivity index (χ2v) is 4.14. The molecule has 0 spiro atoms. The zero-order chi connectivity index (χ0) is 9.97. The normalized spacial score (nSPS) is 16.6. The van der Waals surface area contributed by atoms with Gasteiger partial charge in [0, 0.05) is 6.54 Å². The molecule has 74 valence electrons. The van der Waals surface area contributed by atoms with Gasteiger partial charge in [-0.2, -0.15) is 0 Å². The Bertz CT molecular complexity index is 372. The third kappa shape index (κ3) is 2.11. The molecule has 2 rings (SSSR count). The minimum absolute atomic E-state index is 0.611. The van der Waals surface area contributed by atoms with Crippen LogP contribution in [-0.2, 0) is 0 Å². The van der Waals surface area contributed by atoms with Gasteiger partial charge in [-0.1, -0.05) is 35.3 Å². The number of halogens is 2. The summed E-state index contributed by atoms with van der Waals surface area (Å²) in [6, 6.07) is 5.77. The molecule has 1 aromatic rings. The van der Waals surface area contributed by atoms with E-state index in [1.165, 1.54) is 5.57 Å². The molecular weight excluding hydrogens is 217 g/mol. The van der Waals surface area contributed by atoms with Crippen molar-refractivity contribution in [2.24, 2.45) is 0 Å². The van der Waals surface area contributed by atoms with Crippen molar-refractivity contribution in [2.75, 3.05) is 13.1 Å². The number of benzene rings is 1. The molecule has 1 aromatic carbocycles. The zero-order valence-electron chi connectivity index (χ0n) is 7.69. The van der Waals surface area contributed by atoms with E-state index in [-0.39, 0.29) is 0 Å². The molecule has 1 N–H and O–H groups in total. The highest BCUT2D eigenvalue weighted by Gasteiger charge is 2.06. The van der Waals surface area contributed by atoms with Gasteiger partial charge in [-0.25, -0.2) is 0 Å². The van der Waals surface area contributed by atoms with Crippen molar-refractivity contribution in [3.63, 3.8) is 0 Å². The van der Waals surface area contributed by atoms with Gasteiger partial charge in [0.1, 0.15) is 0 Å². The van der Waals surface area contributed by atoms with Gasteiger partial charge < -0.3 is 5.32 Å². The van der Waals surface area contributed by atoms with Gasteiger partial charge in [0.2, 0.25) is 0 Å². The Morgan fingerprint density at radius 3 is 2.64 bits per heavy atom. The van der Waals surface area contributed by atoms with Gasteiger partial charge in [-0.05, 0) is 36.2 Å². The van der Waals surface area contributed by atoms with Crippen molar-refractivity contribution in [1.29, 1.82) is 0 Å². The van der Waals surface area contributed by atoms with Crippen molar-refractivity contribution in [3.05, 3.63) is 39.9 Å². The molecule has 0 aromatic heterocycles. The highest BCUT2D eigenvalue weighted by atomic mass is 35.5. The zero-order valence-corrected chi connectivity index (χ0v) is 9.20. The maximum atomic E-state index is 5.95. The third-order valence-corrected chi connectivity index (χ3v) is 3.06. The Labute approximate surface area is 93.7 Å². The molecule has 1 aliphatic rings. The first-order chi connectivity index (χ1) is 6.77. The average Bonchev–Trinajstić information content (AvgIpc) is 2.23. The van der Waals surface area contributed by atoms with Crippen LogP contribution in [0.25, 0.3) is 5.57 Å². The maximum absolute atomic E-state index is 5.95. The lowest BCUT2D eigenvalue weighted by Gasteiger charge is -2.14. The third-order valence-electron chi connectivity index (χ3n) is 2.32. The van der Waals surface area contributed by atoms with E-state index in [1.54, 1.807) is 0 Å². The molecule has 0 saturated carbocycles. The van der Waals surface area contributed by atoms with Crippen molar-refractivity contribution >= 4 is 28.8 Å². The molecule has 0 atom stereocenters. The lowest BCUT2D eigenvalue weighted by Crippen LogP contribution is -2.21. The molecule has 3 heteroatoms. The Balaban J connectivity index is 2.32. The van der Waals surface area contributed by atoms with Crippen LogP contribution in [0.15, 0.2) is 24.3 Å². The van der Waals surface area contributed by atoms with Crippen LogP contribution < -0.4 is 5.32 Å². The van der Waals surface area contributed by atoms with Crippen LogP contribution >= 0.6 is 23.2 Å². The summed E-state index contributed by atoms with van der Waals surface area (Å²) in [5, 5.41) is 4.55. The number of nitrogens with one attached hydrogen (secondary N) is 1. The summed E-state index contributed by atoms with van der Waals surface area (Å²) in [7, 11) is 0. The Morgan fingerprint density at radius 2 is 2.00 bits per heavy atom. The van der Waals surface area contributed by atoms with Crippen molar-refractivity contribution < 1.29 is 0 Å². The van der Waals surface area contributed by atoms with E-state index >= 15 is 0 Å². The van der Waals surface area contributed by atoms with Crippen molar-refractivity contribution in [3.8, 4) is 0 Å². The predicted octanol–water partition coefficient (Wildman–Crippen LogP) is 3.37. The minimum atomic E-state index is 0.611. The predicted molar refractivity (Wildman–Crippen MR) is 61.9 cm³/mol. The second-order valence-electron chi connectivity index (χ2n) is 3.32. The second kappa shape index (κ2) is 4.35. The van der Waals surface area contributed by atoms with Crippen LogP contribution in [0.1, 0.15) is 12.0 Å². The quantitative estimate of drug-likeness (QED) is 0.776. The van der Waals surface area contributed by atoms with Gasteiger partial charge in [0.25, 0.3) is 0 Å². The fourth-order valence-electron chi connectivity index (χ4n) is 1.56. The molecule has 1 heterocycles. The van der Waals surface area contributed by atoms with E-state index in [4.69, 9.17) is 23.2 Å². The number of hydrogen-bond acceptors (Lipinski definition) is 1. The monoisotopic (exact) mass is 227 g/mol.